The second kappa shape index (κ2) is 5.94. The van der Waals surface area contributed by atoms with Gasteiger partial charge in [0.15, 0.2) is 0 Å². The largest absolute Gasteiger partial charge is 0.313 e. The molecule has 0 spiro atoms. The highest BCUT2D eigenvalue weighted by atomic mass is 35.5. The maximum Gasteiger partial charge on any atom is 0.126 e. The highest BCUT2D eigenvalue weighted by Gasteiger charge is 1.99. The molecule has 0 amide bonds. The SMILES string of the molecule is Fc1cc(F)cc(CNCCCCl)c1. The van der Waals surface area contributed by atoms with Crippen molar-refractivity contribution in [1.82, 2.24) is 5.32 Å². The third kappa shape index (κ3) is 4.03. The highest BCUT2D eigenvalue weighted by Crippen LogP contribution is 2.07. The molecule has 0 aliphatic heterocycles. The lowest BCUT2D eigenvalue weighted by Crippen LogP contribution is -2.15. The fourth-order valence-corrected chi connectivity index (χ4v) is 1.27. The van der Waals surface area contributed by atoms with Crippen molar-refractivity contribution in [2.24, 2.45) is 0 Å². The first-order valence-electron chi connectivity index (χ1n) is 4.44. The summed E-state index contributed by atoms with van der Waals surface area (Å²) >= 11 is 5.47. The minimum atomic E-state index is -0.542. The Morgan fingerprint density at radius 1 is 1.14 bits per heavy atom. The van der Waals surface area contributed by atoms with Gasteiger partial charge in [0.2, 0.25) is 0 Å². The molecule has 0 heterocycles. The summed E-state index contributed by atoms with van der Waals surface area (Å²) in [5.74, 6) is -0.497. The Bertz CT molecular complexity index is 271. The van der Waals surface area contributed by atoms with Gasteiger partial charge in [-0.15, -0.1) is 11.6 Å². The normalized spacial score (nSPS) is 10.5. The standard InChI is InChI=1S/C10H12ClF2N/c11-2-1-3-14-7-8-4-9(12)6-10(13)5-8/h4-6,14H,1-3,7H2. The second-order valence-electron chi connectivity index (χ2n) is 3.00. The van der Waals surface area contributed by atoms with Crippen molar-refractivity contribution in [3.63, 3.8) is 0 Å². The van der Waals surface area contributed by atoms with Crippen molar-refractivity contribution in [2.75, 3.05) is 12.4 Å². The summed E-state index contributed by atoms with van der Waals surface area (Å²) in [6, 6.07) is 3.50. The number of rotatable bonds is 5. The van der Waals surface area contributed by atoms with E-state index in [2.05, 4.69) is 5.32 Å². The summed E-state index contributed by atoms with van der Waals surface area (Å²) < 4.78 is 25.4. The summed E-state index contributed by atoms with van der Waals surface area (Å²) in [7, 11) is 0. The lowest BCUT2D eigenvalue weighted by atomic mass is 10.2. The van der Waals surface area contributed by atoms with Crippen LogP contribution in [0.2, 0.25) is 0 Å². The van der Waals surface area contributed by atoms with E-state index < -0.39 is 11.6 Å². The van der Waals surface area contributed by atoms with Crippen LogP contribution in [0.3, 0.4) is 0 Å². The van der Waals surface area contributed by atoms with Crippen LogP contribution < -0.4 is 5.32 Å². The molecule has 0 aliphatic carbocycles. The lowest BCUT2D eigenvalue weighted by Gasteiger charge is -2.03. The number of nitrogens with one attached hydrogen (secondary N) is 1. The van der Waals surface area contributed by atoms with Gasteiger partial charge in [-0.1, -0.05) is 0 Å². The molecule has 0 radical (unpaired) electrons. The Labute approximate surface area is 87.1 Å². The first-order valence-corrected chi connectivity index (χ1v) is 4.97. The zero-order valence-electron chi connectivity index (χ0n) is 7.69. The quantitative estimate of drug-likeness (QED) is 0.593. The van der Waals surface area contributed by atoms with Gasteiger partial charge in [-0.3, -0.25) is 0 Å². The maximum atomic E-state index is 12.7. The minimum Gasteiger partial charge on any atom is -0.313 e. The summed E-state index contributed by atoms with van der Waals surface area (Å²) in [4.78, 5) is 0. The molecule has 1 aromatic rings. The van der Waals surface area contributed by atoms with Crippen LogP contribution in [0.1, 0.15) is 12.0 Å². The van der Waals surface area contributed by atoms with E-state index in [1.807, 2.05) is 0 Å². The first kappa shape index (κ1) is 11.4. The number of halogens is 3. The molecule has 1 aromatic carbocycles. The molecule has 1 N–H and O–H groups in total. The Kier molecular flexibility index (Phi) is 4.84. The number of alkyl halides is 1. The molecule has 1 rings (SSSR count). The van der Waals surface area contributed by atoms with Gasteiger partial charge in [-0.2, -0.15) is 0 Å². The van der Waals surface area contributed by atoms with E-state index in [0.29, 0.717) is 18.0 Å². The third-order valence-electron chi connectivity index (χ3n) is 1.74. The number of hydrogen-bond acceptors (Lipinski definition) is 1. The predicted molar refractivity (Wildman–Crippen MR) is 53.4 cm³/mol. The number of benzene rings is 1. The molecule has 0 bridgehead atoms. The fourth-order valence-electron chi connectivity index (χ4n) is 1.14. The van der Waals surface area contributed by atoms with Crippen LogP contribution >= 0.6 is 11.6 Å². The van der Waals surface area contributed by atoms with Gasteiger partial charge in [0.05, 0.1) is 0 Å². The molecule has 1 nitrogen and oxygen atoms in total. The van der Waals surface area contributed by atoms with Gasteiger partial charge in [0.1, 0.15) is 11.6 Å². The molecule has 78 valence electrons. The molecule has 0 saturated heterocycles. The van der Waals surface area contributed by atoms with Crippen LogP contribution in [0.15, 0.2) is 18.2 Å². The highest BCUT2D eigenvalue weighted by molar-refractivity contribution is 6.17. The topological polar surface area (TPSA) is 12.0 Å². The van der Waals surface area contributed by atoms with E-state index in [1.165, 1.54) is 12.1 Å². The summed E-state index contributed by atoms with van der Waals surface area (Å²) in [6.45, 7) is 1.22. The van der Waals surface area contributed by atoms with E-state index in [0.717, 1.165) is 19.0 Å². The van der Waals surface area contributed by atoms with Crippen LogP contribution in [0.25, 0.3) is 0 Å². The summed E-state index contributed by atoms with van der Waals surface area (Å²) in [6.07, 6.45) is 0.847. The van der Waals surface area contributed by atoms with Crippen molar-refractivity contribution < 1.29 is 8.78 Å². The van der Waals surface area contributed by atoms with Gasteiger partial charge < -0.3 is 5.32 Å². The van der Waals surface area contributed by atoms with Crippen molar-refractivity contribution in [1.29, 1.82) is 0 Å². The molecule has 0 unspecified atom stereocenters. The monoisotopic (exact) mass is 219 g/mol. The summed E-state index contributed by atoms with van der Waals surface area (Å²) in [5.41, 5.74) is 0.608. The minimum absolute atomic E-state index is 0.464. The molecule has 4 heteroatoms. The van der Waals surface area contributed by atoms with E-state index >= 15 is 0 Å². The second-order valence-corrected chi connectivity index (χ2v) is 3.37. The zero-order chi connectivity index (χ0) is 10.4. The summed E-state index contributed by atoms with van der Waals surface area (Å²) in [5, 5.41) is 3.04. The van der Waals surface area contributed by atoms with Crippen LogP contribution in [0, 0.1) is 11.6 Å². The van der Waals surface area contributed by atoms with Crippen LogP contribution in [-0.4, -0.2) is 12.4 Å². The molecule has 0 aliphatic rings. The molecule has 0 fully saturated rings. The third-order valence-corrected chi connectivity index (χ3v) is 2.01. The Morgan fingerprint density at radius 2 is 1.79 bits per heavy atom. The van der Waals surface area contributed by atoms with Gasteiger partial charge in [0, 0.05) is 18.5 Å². The van der Waals surface area contributed by atoms with Crippen molar-refractivity contribution in [3.05, 3.63) is 35.4 Å². The van der Waals surface area contributed by atoms with Crippen molar-refractivity contribution in [3.8, 4) is 0 Å². The first-order chi connectivity index (χ1) is 6.72. The van der Waals surface area contributed by atoms with E-state index in [9.17, 15) is 8.78 Å². The Balaban J connectivity index is 2.42. The average molecular weight is 220 g/mol. The van der Waals surface area contributed by atoms with Crippen LogP contribution in [0.4, 0.5) is 8.78 Å². The smallest absolute Gasteiger partial charge is 0.126 e. The fraction of sp³-hybridized carbons (Fsp3) is 0.400. The van der Waals surface area contributed by atoms with Crippen LogP contribution in [0.5, 0.6) is 0 Å². The Morgan fingerprint density at radius 3 is 2.36 bits per heavy atom. The molecule has 0 aromatic heterocycles. The number of hydrogen-bond donors (Lipinski definition) is 1. The Hall–Kier alpha value is -0.670. The molecular weight excluding hydrogens is 208 g/mol. The predicted octanol–water partition coefficient (Wildman–Crippen LogP) is 2.68. The van der Waals surface area contributed by atoms with Crippen LogP contribution in [-0.2, 0) is 6.54 Å². The van der Waals surface area contributed by atoms with Gasteiger partial charge >= 0.3 is 0 Å². The van der Waals surface area contributed by atoms with E-state index in [-0.39, 0.29) is 0 Å². The molecule has 0 atom stereocenters. The van der Waals surface area contributed by atoms with E-state index in [4.69, 9.17) is 11.6 Å². The van der Waals surface area contributed by atoms with Crippen molar-refractivity contribution >= 4 is 11.6 Å². The average Bonchev–Trinajstić information content (AvgIpc) is 2.11. The van der Waals surface area contributed by atoms with Gasteiger partial charge in [0.25, 0.3) is 0 Å². The molecular formula is C10H12ClF2N. The van der Waals surface area contributed by atoms with Gasteiger partial charge in [-0.05, 0) is 30.7 Å². The maximum absolute atomic E-state index is 12.7. The zero-order valence-corrected chi connectivity index (χ0v) is 8.45. The van der Waals surface area contributed by atoms with E-state index in [1.54, 1.807) is 0 Å². The van der Waals surface area contributed by atoms with Crippen molar-refractivity contribution in [2.45, 2.75) is 13.0 Å². The van der Waals surface area contributed by atoms with Gasteiger partial charge in [-0.25, -0.2) is 8.78 Å². The molecule has 0 saturated carbocycles. The lowest BCUT2D eigenvalue weighted by molar-refractivity contribution is 0.575. The molecule has 14 heavy (non-hydrogen) atoms.